The van der Waals surface area contributed by atoms with Crippen LogP contribution in [0.4, 0.5) is 0 Å². The van der Waals surface area contributed by atoms with Gasteiger partial charge in [-0.3, -0.25) is 4.90 Å². The Morgan fingerprint density at radius 3 is 2.50 bits per heavy atom. The van der Waals surface area contributed by atoms with Gasteiger partial charge in [-0.15, -0.1) is 0 Å². The number of nitrogens with zero attached hydrogens (tertiary/aromatic N) is 4. The molecule has 2 fully saturated rings. The predicted molar refractivity (Wildman–Crippen MR) is 77.4 cm³/mol. The molecule has 1 aromatic rings. The van der Waals surface area contributed by atoms with Gasteiger partial charge < -0.3 is 9.42 Å². The summed E-state index contributed by atoms with van der Waals surface area (Å²) in [4.78, 5) is 9.45. The van der Waals surface area contributed by atoms with Crippen LogP contribution >= 0.6 is 0 Å². The van der Waals surface area contributed by atoms with Crippen LogP contribution in [-0.4, -0.2) is 52.7 Å². The highest BCUT2D eigenvalue weighted by molar-refractivity contribution is 4.92. The molecule has 112 valence electrons. The summed E-state index contributed by atoms with van der Waals surface area (Å²) in [7, 11) is 0. The van der Waals surface area contributed by atoms with E-state index in [0.29, 0.717) is 0 Å². The monoisotopic (exact) mass is 278 g/mol. The molecule has 2 heterocycles. The van der Waals surface area contributed by atoms with Gasteiger partial charge in [-0.25, -0.2) is 0 Å². The molecule has 0 bridgehead atoms. The van der Waals surface area contributed by atoms with Gasteiger partial charge in [-0.05, 0) is 32.6 Å². The van der Waals surface area contributed by atoms with Crippen LogP contribution in [0.15, 0.2) is 4.52 Å². The fourth-order valence-electron chi connectivity index (χ4n) is 3.53. The molecule has 0 radical (unpaired) electrons. The Morgan fingerprint density at radius 1 is 1.20 bits per heavy atom. The molecule has 1 saturated carbocycles. The van der Waals surface area contributed by atoms with Crippen LogP contribution < -0.4 is 0 Å². The van der Waals surface area contributed by atoms with Crippen LogP contribution in [-0.2, 0) is 0 Å². The molecule has 2 aliphatic rings. The van der Waals surface area contributed by atoms with Gasteiger partial charge in [0.1, 0.15) is 0 Å². The minimum absolute atomic E-state index is 0.241. The number of hydrogen-bond acceptors (Lipinski definition) is 5. The standard InChI is InChI=1S/C15H26N4O/c1-12(15-16-13(2)17-20-15)19-9-7-18(8-10-19)11-14-5-3-4-6-14/h12,14H,3-11H2,1-2H3/t12-/m0/s1. The molecule has 1 aliphatic carbocycles. The van der Waals surface area contributed by atoms with Crippen LogP contribution in [0.2, 0.25) is 0 Å². The summed E-state index contributed by atoms with van der Waals surface area (Å²) in [6, 6.07) is 0.241. The Kier molecular flexibility index (Phi) is 4.36. The number of aryl methyl sites for hydroxylation is 1. The van der Waals surface area contributed by atoms with Crippen molar-refractivity contribution in [3.63, 3.8) is 0 Å². The van der Waals surface area contributed by atoms with Gasteiger partial charge >= 0.3 is 0 Å². The zero-order chi connectivity index (χ0) is 13.9. The van der Waals surface area contributed by atoms with Crippen molar-refractivity contribution in [3.8, 4) is 0 Å². The van der Waals surface area contributed by atoms with Crippen molar-refractivity contribution in [2.24, 2.45) is 5.92 Å². The minimum Gasteiger partial charge on any atom is -0.338 e. The highest BCUT2D eigenvalue weighted by Crippen LogP contribution is 2.26. The fourth-order valence-corrected chi connectivity index (χ4v) is 3.53. The van der Waals surface area contributed by atoms with Crippen molar-refractivity contribution in [2.75, 3.05) is 32.7 Å². The Morgan fingerprint density at radius 2 is 1.90 bits per heavy atom. The molecule has 1 aromatic heterocycles. The molecule has 5 heteroatoms. The molecule has 0 N–H and O–H groups in total. The first-order chi connectivity index (χ1) is 9.72. The first kappa shape index (κ1) is 14.0. The Labute approximate surface area is 121 Å². The van der Waals surface area contributed by atoms with Gasteiger partial charge in [-0.1, -0.05) is 18.0 Å². The summed E-state index contributed by atoms with van der Waals surface area (Å²) >= 11 is 0. The van der Waals surface area contributed by atoms with Gasteiger partial charge in [0.05, 0.1) is 6.04 Å². The highest BCUT2D eigenvalue weighted by Gasteiger charge is 2.27. The second-order valence-corrected chi connectivity index (χ2v) is 6.34. The summed E-state index contributed by atoms with van der Waals surface area (Å²) < 4.78 is 5.30. The van der Waals surface area contributed by atoms with Gasteiger partial charge in [-0.2, -0.15) is 4.98 Å². The molecule has 20 heavy (non-hydrogen) atoms. The summed E-state index contributed by atoms with van der Waals surface area (Å²) in [6.45, 7) is 9.91. The van der Waals surface area contributed by atoms with E-state index in [2.05, 4.69) is 26.9 Å². The van der Waals surface area contributed by atoms with Gasteiger partial charge in [0.25, 0.3) is 0 Å². The van der Waals surface area contributed by atoms with Crippen LogP contribution in [0.1, 0.15) is 50.4 Å². The van der Waals surface area contributed by atoms with Crippen LogP contribution in [0.3, 0.4) is 0 Å². The average Bonchev–Trinajstić information content (AvgIpc) is 3.10. The van der Waals surface area contributed by atoms with Crippen LogP contribution in [0.5, 0.6) is 0 Å². The second-order valence-electron chi connectivity index (χ2n) is 6.34. The molecular formula is C15H26N4O. The summed E-state index contributed by atoms with van der Waals surface area (Å²) in [6.07, 6.45) is 5.77. The van der Waals surface area contributed by atoms with Crippen molar-refractivity contribution in [2.45, 2.75) is 45.6 Å². The second kappa shape index (κ2) is 6.22. The smallest absolute Gasteiger partial charge is 0.243 e. The Bertz CT molecular complexity index is 419. The number of piperazine rings is 1. The quantitative estimate of drug-likeness (QED) is 0.845. The zero-order valence-electron chi connectivity index (χ0n) is 12.7. The van der Waals surface area contributed by atoms with Crippen molar-refractivity contribution >= 4 is 0 Å². The molecule has 0 spiro atoms. The van der Waals surface area contributed by atoms with Crippen molar-refractivity contribution in [3.05, 3.63) is 11.7 Å². The Balaban J connectivity index is 1.48. The van der Waals surface area contributed by atoms with Gasteiger partial charge in [0, 0.05) is 32.7 Å². The van der Waals surface area contributed by atoms with E-state index >= 15 is 0 Å². The van der Waals surface area contributed by atoms with E-state index in [4.69, 9.17) is 4.52 Å². The Hall–Kier alpha value is -0.940. The van der Waals surface area contributed by atoms with Gasteiger partial charge in [0.2, 0.25) is 5.89 Å². The maximum Gasteiger partial charge on any atom is 0.243 e. The lowest BCUT2D eigenvalue weighted by molar-refractivity contribution is 0.0797. The SMILES string of the molecule is Cc1noc([C@H](C)N2CCN(CC3CCCC3)CC2)n1. The summed E-state index contributed by atoms with van der Waals surface area (Å²) in [5, 5.41) is 3.89. The lowest BCUT2D eigenvalue weighted by Crippen LogP contribution is -2.48. The first-order valence-corrected chi connectivity index (χ1v) is 7.99. The van der Waals surface area contributed by atoms with E-state index < -0.39 is 0 Å². The van der Waals surface area contributed by atoms with Crippen molar-refractivity contribution < 1.29 is 4.52 Å². The number of rotatable bonds is 4. The van der Waals surface area contributed by atoms with Crippen molar-refractivity contribution in [1.82, 2.24) is 19.9 Å². The third kappa shape index (κ3) is 3.20. The number of hydrogen-bond donors (Lipinski definition) is 0. The molecule has 3 rings (SSSR count). The van der Waals surface area contributed by atoms with E-state index in [-0.39, 0.29) is 6.04 Å². The largest absolute Gasteiger partial charge is 0.338 e. The van der Waals surface area contributed by atoms with Crippen molar-refractivity contribution in [1.29, 1.82) is 0 Å². The van der Waals surface area contributed by atoms with E-state index in [0.717, 1.165) is 30.7 Å². The lowest BCUT2D eigenvalue weighted by Gasteiger charge is -2.37. The molecule has 0 unspecified atom stereocenters. The lowest BCUT2D eigenvalue weighted by atomic mass is 10.1. The summed E-state index contributed by atoms with van der Waals surface area (Å²) in [5.74, 6) is 2.44. The van der Waals surface area contributed by atoms with E-state index in [9.17, 15) is 0 Å². The van der Waals surface area contributed by atoms with Gasteiger partial charge in [0.15, 0.2) is 5.82 Å². The highest BCUT2D eigenvalue weighted by atomic mass is 16.5. The van der Waals surface area contributed by atoms with E-state index in [1.807, 2.05) is 6.92 Å². The topological polar surface area (TPSA) is 45.4 Å². The maximum atomic E-state index is 5.30. The summed E-state index contributed by atoms with van der Waals surface area (Å²) in [5.41, 5.74) is 0. The minimum atomic E-state index is 0.241. The third-order valence-corrected chi connectivity index (χ3v) is 4.85. The molecule has 1 aliphatic heterocycles. The zero-order valence-corrected chi connectivity index (χ0v) is 12.7. The first-order valence-electron chi connectivity index (χ1n) is 7.99. The molecule has 5 nitrogen and oxygen atoms in total. The predicted octanol–water partition coefficient (Wildman–Crippen LogP) is 2.25. The maximum absolute atomic E-state index is 5.30. The van der Waals surface area contributed by atoms with Crippen LogP contribution in [0.25, 0.3) is 0 Å². The molecule has 1 saturated heterocycles. The fraction of sp³-hybridized carbons (Fsp3) is 0.867. The third-order valence-electron chi connectivity index (χ3n) is 4.85. The van der Waals surface area contributed by atoms with E-state index in [1.165, 1.54) is 45.3 Å². The van der Waals surface area contributed by atoms with E-state index in [1.54, 1.807) is 0 Å². The normalized spacial score (nSPS) is 24.3. The molecule has 0 aromatic carbocycles. The number of aromatic nitrogens is 2. The molecule has 1 atom stereocenters. The molecular weight excluding hydrogens is 252 g/mol. The average molecular weight is 278 g/mol. The van der Waals surface area contributed by atoms with Crippen LogP contribution in [0, 0.1) is 12.8 Å². The molecule has 0 amide bonds.